The number of unbranched alkanes of at least 4 members (excludes halogenated alkanes) is 4. The number of nitrogens with zero attached hydrogens (tertiary/aromatic N) is 1. The topological polar surface area (TPSA) is 108 Å². The fourth-order valence-electron chi connectivity index (χ4n) is 4.85. The molecule has 3 amide bonds. The number of phenolic OH excluding ortho intramolecular Hbond substituents is 1. The van der Waals surface area contributed by atoms with Crippen molar-refractivity contribution >= 4 is 35.2 Å². The summed E-state index contributed by atoms with van der Waals surface area (Å²) in [6.45, 7) is 15.2. The molecule has 238 valence electrons. The van der Waals surface area contributed by atoms with Crippen molar-refractivity contribution < 1.29 is 24.2 Å². The fourth-order valence-corrected chi connectivity index (χ4v) is 5.12. The van der Waals surface area contributed by atoms with Gasteiger partial charge in [-0.05, 0) is 81.8 Å². The van der Waals surface area contributed by atoms with E-state index in [1.165, 1.54) is 6.07 Å². The first kappa shape index (κ1) is 35.9. The molecule has 3 unspecified atom stereocenters. The van der Waals surface area contributed by atoms with Gasteiger partial charge in [0.1, 0.15) is 23.4 Å². The Labute approximate surface area is 262 Å². The lowest BCUT2D eigenvalue weighted by atomic mass is 9.94. The summed E-state index contributed by atoms with van der Waals surface area (Å²) in [5.74, 6) is -0.967. The summed E-state index contributed by atoms with van der Waals surface area (Å²) >= 11 is 6.48. The first-order valence-electron chi connectivity index (χ1n) is 15.4. The van der Waals surface area contributed by atoms with Gasteiger partial charge in [0, 0.05) is 6.54 Å². The number of aromatic hydroxyl groups is 1. The third-order valence-electron chi connectivity index (χ3n) is 7.50. The molecule has 3 N–H and O–H groups in total. The highest BCUT2D eigenvalue weighted by molar-refractivity contribution is 6.34. The first-order valence-corrected chi connectivity index (χ1v) is 15.7. The van der Waals surface area contributed by atoms with E-state index in [0.717, 1.165) is 31.2 Å². The van der Waals surface area contributed by atoms with E-state index in [2.05, 4.69) is 17.6 Å². The van der Waals surface area contributed by atoms with Crippen LogP contribution in [0.15, 0.2) is 36.4 Å². The second-order valence-electron chi connectivity index (χ2n) is 12.3. The summed E-state index contributed by atoms with van der Waals surface area (Å²) in [6, 6.07) is 8.27. The van der Waals surface area contributed by atoms with Gasteiger partial charge in [0.15, 0.2) is 0 Å². The maximum atomic E-state index is 14.5. The van der Waals surface area contributed by atoms with Crippen LogP contribution in [-0.4, -0.2) is 46.1 Å². The summed E-state index contributed by atoms with van der Waals surface area (Å²) in [7, 11) is 0. The summed E-state index contributed by atoms with van der Waals surface area (Å²) < 4.78 is 5.50. The van der Waals surface area contributed by atoms with E-state index in [9.17, 15) is 19.5 Å². The number of carbonyl (C=O) groups excluding carboxylic acids is 3. The predicted octanol–water partition coefficient (Wildman–Crippen LogP) is 8.08. The van der Waals surface area contributed by atoms with Crippen LogP contribution in [0.25, 0.3) is 0 Å². The Morgan fingerprint density at radius 3 is 2.26 bits per heavy atom. The van der Waals surface area contributed by atoms with Crippen molar-refractivity contribution in [2.75, 3.05) is 11.9 Å². The van der Waals surface area contributed by atoms with Gasteiger partial charge < -0.3 is 25.4 Å². The quantitative estimate of drug-likeness (QED) is 0.186. The van der Waals surface area contributed by atoms with Crippen LogP contribution in [0.1, 0.15) is 103 Å². The first-order chi connectivity index (χ1) is 20.2. The van der Waals surface area contributed by atoms with Crippen molar-refractivity contribution in [3.05, 3.63) is 58.1 Å². The molecule has 0 aromatic heterocycles. The molecule has 0 aliphatic heterocycles. The van der Waals surface area contributed by atoms with Crippen molar-refractivity contribution in [1.29, 1.82) is 0 Å². The Kier molecular flexibility index (Phi) is 13.8. The number of halogens is 1. The van der Waals surface area contributed by atoms with Gasteiger partial charge in [0.2, 0.25) is 5.91 Å². The number of aryl methyl sites for hydroxylation is 2. The molecule has 0 fully saturated rings. The second kappa shape index (κ2) is 16.6. The summed E-state index contributed by atoms with van der Waals surface area (Å²) in [6.07, 6.45) is 4.66. The highest BCUT2D eigenvalue weighted by Crippen LogP contribution is 2.32. The van der Waals surface area contributed by atoms with E-state index >= 15 is 0 Å². The molecule has 43 heavy (non-hydrogen) atoms. The minimum atomic E-state index is -1.05. The van der Waals surface area contributed by atoms with Crippen LogP contribution in [0.5, 0.6) is 5.75 Å². The maximum Gasteiger partial charge on any atom is 0.408 e. The number of hydrogen-bond donors (Lipinski definition) is 3. The molecule has 9 heteroatoms. The number of amides is 3. The van der Waals surface area contributed by atoms with Crippen LogP contribution in [0, 0.1) is 19.8 Å². The molecule has 0 spiro atoms. The third-order valence-corrected chi connectivity index (χ3v) is 7.82. The van der Waals surface area contributed by atoms with Crippen molar-refractivity contribution in [1.82, 2.24) is 10.2 Å². The Balaban J connectivity index is 2.63. The van der Waals surface area contributed by atoms with Crippen molar-refractivity contribution in [3.63, 3.8) is 0 Å². The van der Waals surface area contributed by atoms with Gasteiger partial charge in [-0.25, -0.2) is 4.79 Å². The van der Waals surface area contributed by atoms with E-state index in [-0.39, 0.29) is 17.6 Å². The lowest BCUT2D eigenvalue weighted by Crippen LogP contribution is -2.55. The molecule has 0 bridgehead atoms. The number of hydrogen-bond acceptors (Lipinski definition) is 5. The van der Waals surface area contributed by atoms with Gasteiger partial charge in [0.05, 0.1) is 10.7 Å². The van der Waals surface area contributed by atoms with Crippen LogP contribution >= 0.6 is 11.6 Å². The smallest absolute Gasteiger partial charge is 0.408 e. The lowest BCUT2D eigenvalue weighted by Gasteiger charge is -2.36. The molecule has 2 aromatic rings. The Morgan fingerprint density at radius 1 is 1.00 bits per heavy atom. The zero-order chi connectivity index (χ0) is 32.3. The van der Waals surface area contributed by atoms with E-state index in [4.69, 9.17) is 16.3 Å². The molecule has 0 radical (unpaired) electrons. The molecule has 3 atom stereocenters. The minimum Gasteiger partial charge on any atom is -0.508 e. The van der Waals surface area contributed by atoms with Crippen molar-refractivity contribution in [2.45, 2.75) is 112 Å². The molecule has 0 aliphatic carbocycles. The number of benzene rings is 2. The van der Waals surface area contributed by atoms with Crippen molar-refractivity contribution in [2.24, 2.45) is 5.92 Å². The largest absolute Gasteiger partial charge is 0.508 e. The molecule has 2 rings (SSSR count). The number of carbonyl (C=O) groups is 3. The second-order valence-corrected chi connectivity index (χ2v) is 12.7. The number of anilines is 1. The molecular formula is C34H50ClN3O5. The normalized spacial score (nSPS) is 13.5. The van der Waals surface area contributed by atoms with E-state index in [1.54, 1.807) is 56.9 Å². The molecule has 2 aromatic carbocycles. The zero-order valence-electron chi connectivity index (χ0n) is 27.1. The van der Waals surface area contributed by atoms with Gasteiger partial charge >= 0.3 is 6.09 Å². The van der Waals surface area contributed by atoms with E-state index in [1.807, 2.05) is 26.8 Å². The number of rotatable bonds is 14. The average Bonchev–Trinajstić information content (AvgIpc) is 2.93. The van der Waals surface area contributed by atoms with E-state index < -0.39 is 29.7 Å². The molecule has 8 nitrogen and oxygen atoms in total. The van der Waals surface area contributed by atoms with Crippen LogP contribution in [0.4, 0.5) is 10.5 Å². The third kappa shape index (κ3) is 10.8. The standard InChI is InChI=1S/C34H50ClN3O5/c1-9-11-12-13-14-20-38(32(41)29(22(3)10-2)37-33(42)43-34(6,7)8)30(25-18-19-27(39)24(5)21-25)31(40)36-28-23(4)16-15-17-26(28)35/h15-19,21-22,29-30,39H,9-14,20H2,1-8H3,(H,36,40)(H,37,42). The predicted molar refractivity (Wildman–Crippen MR) is 173 cm³/mol. The number of nitrogens with one attached hydrogen (secondary N) is 2. The molecule has 0 heterocycles. The number of phenols is 1. The molecule has 0 saturated heterocycles. The summed E-state index contributed by atoms with van der Waals surface area (Å²) in [4.78, 5) is 43.2. The van der Waals surface area contributed by atoms with Gasteiger partial charge in [-0.15, -0.1) is 0 Å². The number of para-hydroxylation sites is 1. The van der Waals surface area contributed by atoms with Crippen molar-refractivity contribution in [3.8, 4) is 5.75 Å². The molecule has 0 aliphatic rings. The van der Waals surface area contributed by atoms with Gasteiger partial charge in [-0.2, -0.15) is 0 Å². The highest BCUT2D eigenvalue weighted by Gasteiger charge is 2.38. The highest BCUT2D eigenvalue weighted by atomic mass is 35.5. The monoisotopic (exact) mass is 615 g/mol. The van der Waals surface area contributed by atoms with Gasteiger partial charge in [-0.1, -0.05) is 82.7 Å². The average molecular weight is 616 g/mol. The summed E-state index contributed by atoms with van der Waals surface area (Å²) in [5, 5.41) is 16.4. The Morgan fingerprint density at radius 2 is 1.67 bits per heavy atom. The van der Waals surface area contributed by atoms with Crippen LogP contribution < -0.4 is 10.6 Å². The maximum absolute atomic E-state index is 14.5. The minimum absolute atomic E-state index is 0.0892. The Hall–Kier alpha value is -3.26. The lowest BCUT2D eigenvalue weighted by molar-refractivity contribution is -0.142. The fraction of sp³-hybridized carbons (Fsp3) is 0.559. The van der Waals surface area contributed by atoms with Crippen LogP contribution in [-0.2, 0) is 14.3 Å². The Bertz CT molecular complexity index is 1220. The van der Waals surface area contributed by atoms with Gasteiger partial charge in [-0.3, -0.25) is 9.59 Å². The molecular weight excluding hydrogens is 566 g/mol. The summed E-state index contributed by atoms with van der Waals surface area (Å²) in [5.41, 5.74) is 1.62. The van der Waals surface area contributed by atoms with Crippen LogP contribution in [0.2, 0.25) is 5.02 Å². The number of alkyl carbamates (subject to hydrolysis) is 1. The molecule has 0 saturated carbocycles. The zero-order valence-corrected chi connectivity index (χ0v) is 27.8. The van der Waals surface area contributed by atoms with Gasteiger partial charge in [0.25, 0.3) is 5.91 Å². The SMILES string of the molecule is CCCCCCCN(C(=O)C(NC(=O)OC(C)(C)C)C(C)CC)C(C(=O)Nc1c(C)cccc1Cl)c1ccc(O)c(C)c1. The van der Waals surface area contributed by atoms with E-state index in [0.29, 0.717) is 41.2 Å². The van der Waals surface area contributed by atoms with Crippen LogP contribution in [0.3, 0.4) is 0 Å². The number of ether oxygens (including phenoxy) is 1.